The van der Waals surface area contributed by atoms with Gasteiger partial charge in [-0.15, -0.1) is 0 Å². The molecule has 3 heteroatoms. The van der Waals surface area contributed by atoms with Gasteiger partial charge in [-0.1, -0.05) is 33.6 Å². The first-order valence-electron chi connectivity index (χ1n) is 7.11. The normalized spacial score (nSPS) is 26.5. The zero-order valence-corrected chi connectivity index (χ0v) is 11.6. The van der Waals surface area contributed by atoms with Crippen molar-refractivity contribution in [2.75, 3.05) is 19.6 Å². The second-order valence-electron chi connectivity index (χ2n) is 5.58. The maximum Gasteiger partial charge on any atom is 0.224 e. The second-order valence-corrected chi connectivity index (χ2v) is 5.58. The molecule has 0 aliphatic heterocycles. The molecule has 100 valence electrons. The van der Waals surface area contributed by atoms with Gasteiger partial charge in [-0.3, -0.25) is 4.79 Å². The van der Waals surface area contributed by atoms with Crippen LogP contribution in [0.15, 0.2) is 0 Å². The van der Waals surface area contributed by atoms with Gasteiger partial charge < -0.3 is 10.6 Å². The Hall–Kier alpha value is -0.570. The number of hydrogen-bond donors (Lipinski definition) is 2. The van der Waals surface area contributed by atoms with Crippen molar-refractivity contribution in [3.8, 4) is 0 Å². The van der Waals surface area contributed by atoms with Gasteiger partial charge in [-0.25, -0.2) is 0 Å². The summed E-state index contributed by atoms with van der Waals surface area (Å²) in [6.45, 7) is 8.96. The Labute approximate surface area is 106 Å². The summed E-state index contributed by atoms with van der Waals surface area (Å²) in [4.78, 5) is 11.8. The van der Waals surface area contributed by atoms with E-state index in [0.29, 0.717) is 5.92 Å². The van der Waals surface area contributed by atoms with Crippen molar-refractivity contribution in [3.63, 3.8) is 0 Å². The van der Waals surface area contributed by atoms with E-state index in [1.54, 1.807) is 0 Å². The molecule has 2 N–H and O–H groups in total. The van der Waals surface area contributed by atoms with E-state index in [2.05, 4.69) is 24.5 Å². The largest absolute Gasteiger partial charge is 0.356 e. The second kappa shape index (κ2) is 7.70. The molecule has 0 radical (unpaired) electrons. The van der Waals surface area contributed by atoms with Crippen LogP contribution in [0, 0.1) is 17.8 Å². The van der Waals surface area contributed by atoms with Gasteiger partial charge in [0.05, 0.1) is 0 Å². The Morgan fingerprint density at radius 1 is 1.29 bits per heavy atom. The molecule has 0 bridgehead atoms. The smallest absolute Gasteiger partial charge is 0.224 e. The van der Waals surface area contributed by atoms with Gasteiger partial charge in [0.15, 0.2) is 0 Å². The number of nitrogens with one attached hydrogen (secondary N) is 2. The zero-order valence-electron chi connectivity index (χ0n) is 11.6. The summed E-state index contributed by atoms with van der Waals surface area (Å²) in [5.74, 6) is 1.87. The van der Waals surface area contributed by atoms with Crippen LogP contribution >= 0.6 is 0 Å². The summed E-state index contributed by atoms with van der Waals surface area (Å²) >= 11 is 0. The monoisotopic (exact) mass is 240 g/mol. The molecule has 0 aromatic heterocycles. The Kier molecular flexibility index (Phi) is 6.56. The minimum Gasteiger partial charge on any atom is -0.356 e. The molecule has 0 saturated heterocycles. The lowest BCUT2D eigenvalue weighted by molar-refractivity contribution is -0.124. The van der Waals surface area contributed by atoms with Crippen LogP contribution in [0.4, 0.5) is 0 Å². The highest BCUT2D eigenvalue weighted by molar-refractivity contribution is 5.78. The van der Waals surface area contributed by atoms with E-state index in [1.165, 1.54) is 25.7 Å². The number of amides is 1. The first-order chi connectivity index (χ1) is 8.13. The molecule has 1 amide bonds. The van der Waals surface area contributed by atoms with E-state index in [4.69, 9.17) is 0 Å². The first kappa shape index (κ1) is 14.5. The standard InChI is InChI=1S/C14H28N2O/c1-4-15-9-12(3)14(17)16-10-13-7-5-11(2)6-8-13/h11-13,15H,4-10H2,1-3H3,(H,16,17). The molecule has 1 saturated carbocycles. The van der Waals surface area contributed by atoms with Gasteiger partial charge in [-0.05, 0) is 31.2 Å². The molecule has 3 nitrogen and oxygen atoms in total. The lowest BCUT2D eigenvalue weighted by Gasteiger charge is -2.26. The van der Waals surface area contributed by atoms with Crippen molar-refractivity contribution in [2.24, 2.45) is 17.8 Å². The van der Waals surface area contributed by atoms with E-state index in [-0.39, 0.29) is 11.8 Å². The van der Waals surface area contributed by atoms with Gasteiger partial charge in [0.2, 0.25) is 5.91 Å². The molecular formula is C14H28N2O. The number of carbonyl (C=O) groups excluding carboxylic acids is 1. The Morgan fingerprint density at radius 2 is 1.94 bits per heavy atom. The molecule has 1 atom stereocenters. The highest BCUT2D eigenvalue weighted by Gasteiger charge is 2.19. The van der Waals surface area contributed by atoms with Crippen molar-refractivity contribution in [2.45, 2.75) is 46.5 Å². The van der Waals surface area contributed by atoms with E-state index in [9.17, 15) is 4.79 Å². The Bertz CT molecular complexity index is 222. The molecule has 17 heavy (non-hydrogen) atoms. The van der Waals surface area contributed by atoms with Crippen LogP contribution in [0.1, 0.15) is 46.5 Å². The molecule has 0 aromatic carbocycles. The summed E-state index contributed by atoms with van der Waals surface area (Å²) in [5, 5.41) is 6.31. The lowest BCUT2D eigenvalue weighted by atomic mass is 9.83. The molecule has 1 aliphatic rings. The predicted molar refractivity (Wildman–Crippen MR) is 71.8 cm³/mol. The quantitative estimate of drug-likeness (QED) is 0.747. The predicted octanol–water partition coefficient (Wildman–Crippen LogP) is 2.17. The van der Waals surface area contributed by atoms with Gasteiger partial charge >= 0.3 is 0 Å². The molecule has 1 unspecified atom stereocenters. The molecular weight excluding hydrogens is 212 g/mol. The van der Waals surface area contributed by atoms with Crippen LogP contribution in [0.25, 0.3) is 0 Å². The lowest BCUT2D eigenvalue weighted by Crippen LogP contribution is -2.38. The van der Waals surface area contributed by atoms with Gasteiger partial charge in [-0.2, -0.15) is 0 Å². The Balaban J connectivity index is 2.14. The number of carbonyl (C=O) groups is 1. The average Bonchev–Trinajstić information content (AvgIpc) is 2.34. The summed E-state index contributed by atoms with van der Waals surface area (Å²) in [5.41, 5.74) is 0. The average molecular weight is 240 g/mol. The zero-order chi connectivity index (χ0) is 12.7. The fraction of sp³-hybridized carbons (Fsp3) is 0.929. The van der Waals surface area contributed by atoms with Crippen molar-refractivity contribution in [1.82, 2.24) is 10.6 Å². The van der Waals surface area contributed by atoms with Gasteiger partial charge in [0.1, 0.15) is 0 Å². The third kappa shape index (κ3) is 5.53. The molecule has 1 rings (SSSR count). The van der Waals surface area contributed by atoms with E-state index >= 15 is 0 Å². The van der Waals surface area contributed by atoms with Crippen LogP contribution in [-0.2, 0) is 4.79 Å². The first-order valence-corrected chi connectivity index (χ1v) is 7.11. The SMILES string of the molecule is CCNCC(C)C(=O)NCC1CCC(C)CC1. The minimum atomic E-state index is 0.0810. The fourth-order valence-corrected chi connectivity index (χ4v) is 2.41. The summed E-state index contributed by atoms with van der Waals surface area (Å²) in [6, 6.07) is 0. The van der Waals surface area contributed by atoms with Crippen LogP contribution in [-0.4, -0.2) is 25.5 Å². The van der Waals surface area contributed by atoms with Crippen LogP contribution in [0.5, 0.6) is 0 Å². The van der Waals surface area contributed by atoms with Gasteiger partial charge in [0.25, 0.3) is 0 Å². The van der Waals surface area contributed by atoms with Crippen LogP contribution < -0.4 is 10.6 Å². The van der Waals surface area contributed by atoms with Crippen molar-refractivity contribution in [3.05, 3.63) is 0 Å². The van der Waals surface area contributed by atoms with E-state index in [1.807, 2.05) is 6.92 Å². The molecule has 0 aromatic rings. The van der Waals surface area contributed by atoms with Crippen molar-refractivity contribution < 1.29 is 4.79 Å². The van der Waals surface area contributed by atoms with Crippen LogP contribution in [0.3, 0.4) is 0 Å². The minimum absolute atomic E-state index is 0.0810. The van der Waals surface area contributed by atoms with Gasteiger partial charge in [0, 0.05) is 19.0 Å². The highest BCUT2D eigenvalue weighted by Crippen LogP contribution is 2.27. The summed E-state index contributed by atoms with van der Waals surface area (Å²) in [6.07, 6.45) is 5.22. The molecule has 0 spiro atoms. The van der Waals surface area contributed by atoms with E-state index in [0.717, 1.165) is 25.6 Å². The number of rotatable bonds is 6. The van der Waals surface area contributed by atoms with Crippen molar-refractivity contribution >= 4 is 5.91 Å². The third-order valence-electron chi connectivity index (χ3n) is 3.85. The van der Waals surface area contributed by atoms with E-state index < -0.39 is 0 Å². The third-order valence-corrected chi connectivity index (χ3v) is 3.85. The summed E-state index contributed by atoms with van der Waals surface area (Å²) in [7, 11) is 0. The topological polar surface area (TPSA) is 41.1 Å². The molecule has 1 fully saturated rings. The number of hydrogen-bond acceptors (Lipinski definition) is 2. The maximum absolute atomic E-state index is 11.8. The summed E-state index contributed by atoms with van der Waals surface area (Å²) < 4.78 is 0. The Morgan fingerprint density at radius 3 is 2.53 bits per heavy atom. The maximum atomic E-state index is 11.8. The molecule has 1 aliphatic carbocycles. The van der Waals surface area contributed by atoms with Crippen molar-refractivity contribution in [1.29, 1.82) is 0 Å². The van der Waals surface area contributed by atoms with Crippen LogP contribution in [0.2, 0.25) is 0 Å². The fourth-order valence-electron chi connectivity index (χ4n) is 2.41. The molecule has 0 heterocycles. The highest BCUT2D eigenvalue weighted by atomic mass is 16.1.